The number of rotatable bonds is 6. The van der Waals surface area contributed by atoms with E-state index < -0.39 is 6.10 Å². The first-order valence-electron chi connectivity index (χ1n) is 6.19. The molecule has 98 valence electrons. The van der Waals surface area contributed by atoms with Crippen LogP contribution in [0, 0.1) is 5.92 Å². The smallest absolute Gasteiger partial charge is 0.192 e. The lowest BCUT2D eigenvalue weighted by Gasteiger charge is -2.13. The third kappa shape index (κ3) is 3.71. The first-order chi connectivity index (χ1) is 8.58. The number of benzene rings is 1. The Morgan fingerprint density at radius 1 is 1.44 bits per heavy atom. The van der Waals surface area contributed by atoms with Crippen molar-refractivity contribution < 1.29 is 9.53 Å². The monoisotopic (exact) mass is 286 g/mol. The molecule has 1 fully saturated rings. The standard InChI is InChI=1S/C14H16Cl2O2/c1-9(18-7-6-10-2-3-10)14(17)12-5-4-11(15)8-13(12)16/h4-5,8-10H,2-3,6-7H2,1H3. The van der Waals surface area contributed by atoms with E-state index in [9.17, 15) is 4.79 Å². The normalized spacial score (nSPS) is 16.6. The Morgan fingerprint density at radius 3 is 2.78 bits per heavy atom. The summed E-state index contributed by atoms with van der Waals surface area (Å²) < 4.78 is 5.55. The number of hydrogen-bond donors (Lipinski definition) is 0. The zero-order chi connectivity index (χ0) is 13.1. The van der Waals surface area contributed by atoms with Gasteiger partial charge in [-0.2, -0.15) is 0 Å². The minimum atomic E-state index is -0.456. The molecule has 0 heterocycles. The number of halogens is 2. The van der Waals surface area contributed by atoms with Gasteiger partial charge in [0, 0.05) is 17.2 Å². The fourth-order valence-corrected chi connectivity index (χ4v) is 2.30. The average Bonchev–Trinajstić information content (AvgIpc) is 3.12. The summed E-state index contributed by atoms with van der Waals surface area (Å²) in [7, 11) is 0. The van der Waals surface area contributed by atoms with Crippen molar-refractivity contribution in [3.05, 3.63) is 33.8 Å². The van der Waals surface area contributed by atoms with Gasteiger partial charge < -0.3 is 4.74 Å². The lowest BCUT2D eigenvalue weighted by molar-refractivity contribution is 0.0458. The maximum Gasteiger partial charge on any atom is 0.192 e. The maximum atomic E-state index is 12.1. The summed E-state index contributed by atoms with van der Waals surface area (Å²) in [5.74, 6) is 0.721. The van der Waals surface area contributed by atoms with Gasteiger partial charge in [-0.15, -0.1) is 0 Å². The highest BCUT2D eigenvalue weighted by Crippen LogP contribution is 2.32. The second kappa shape index (κ2) is 6.05. The second-order valence-electron chi connectivity index (χ2n) is 4.73. The first-order valence-corrected chi connectivity index (χ1v) is 6.94. The van der Waals surface area contributed by atoms with Crippen LogP contribution in [0.2, 0.25) is 10.0 Å². The van der Waals surface area contributed by atoms with Crippen LogP contribution in [0.1, 0.15) is 36.5 Å². The SMILES string of the molecule is CC(OCCC1CC1)C(=O)c1ccc(Cl)cc1Cl. The third-order valence-corrected chi connectivity index (χ3v) is 3.70. The number of hydrogen-bond acceptors (Lipinski definition) is 2. The number of carbonyl (C=O) groups is 1. The van der Waals surface area contributed by atoms with Crippen LogP contribution in [0.25, 0.3) is 0 Å². The molecule has 0 bridgehead atoms. The Bertz CT molecular complexity index is 441. The highest BCUT2D eigenvalue weighted by atomic mass is 35.5. The van der Waals surface area contributed by atoms with E-state index in [1.54, 1.807) is 25.1 Å². The van der Waals surface area contributed by atoms with Gasteiger partial charge >= 0.3 is 0 Å². The molecular weight excluding hydrogens is 271 g/mol. The number of Topliss-reactive ketones (excluding diaryl/α,β-unsaturated/α-hetero) is 1. The minimum Gasteiger partial charge on any atom is -0.370 e. The van der Waals surface area contributed by atoms with Crippen molar-refractivity contribution >= 4 is 29.0 Å². The molecule has 1 aliphatic carbocycles. The summed E-state index contributed by atoms with van der Waals surface area (Å²) in [6.07, 6.45) is 3.19. The van der Waals surface area contributed by atoms with Gasteiger partial charge in [0.1, 0.15) is 6.10 Å². The van der Waals surface area contributed by atoms with Crippen molar-refractivity contribution in [1.82, 2.24) is 0 Å². The summed E-state index contributed by atoms with van der Waals surface area (Å²) in [5.41, 5.74) is 0.472. The van der Waals surface area contributed by atoms with Crippen molar-refractivity contribution in [2.24, 2.45) is 5.92 Å². The highest BCUT2D eigenvalue weighted by molar-refractivity contribution is 6.37. The fraction of sp³-hybridized carbons (Fsp3) is 0.500. The number of ketones is 1. The molecule has 0 radical (unpaired) electrons. The molecule has 1 aromatic carbocycles. The van der Waals surface area contributed by atoms with E-state index in [0.29, 0.717) is 22.2 Å². The van der Waals surface area contributed by atoms with Crippen molar-refractivity contribution in [2.45, 2.75) is 32.3 Å². The molecule has 0 aliphatic heterocycles. The predicted molar refractivity (Wildman–Crippen MR) is 73.5 cm³/mol. The second-order valence-corrected chi connectivity index (χ2v) is 5.58. The molecule has 1 aliphatic rings. The molecule has 1 atom stereocenters. The molecule has 2 nitrogen and oxygen atoms in total. The molecule has 0 spiro atoms. The van der Waals surface area contributed by atoms with E-state index in [0.717, 1.165) is 12.3 Å². The molecule has 2 rings (SSSR count). The van der Waals surface area contributed by atoms with Crippen LogP contribution < -0.4 is 0 Å². The molecule has 18 heavy (non-hydrogen) atoms. The summed E-state index contributed by atoms with van der Waals surface area (Å²) in [6, 6.07) is 4.89. The molecule has 4 heteroatoms. The maximum absolute atomic E-state index is 12.1. The van der Waals surface area contributed by atoms with E-state index in [1.807, 2.05) is 0 Å². The van der Waals surface area contributed by atoms with Gasteiger partial charge in [0.05, 0.1) is 5.02 Å². The minimum absolute atomic E-state index is 0.0903. The van der Waals surface area contributed by atoms with Crippen molar-refractivity contribution in [3.8, 4) is 0 Å². The number of ether oxygens (including phenoxy) is 1. The molecule has 0 N–H and O–H groups in total. The van der Waals surface area contributed by atoms with E-state index in [-0.39, 0.29) is 5.78 Å². The van der Waals surface area contributed by atoms with E-state index >= 15 is 0 Å². The average molecular weight is 287 g/mol. The zero-order valence-electron chi connectivity index (χ0n) is 10.3. The quantitative estimate of drug-likeness (QED) is 0.726. The lowest BCUT2D eigenvalue weighted by atomic mass is 10.1. The Kier molecular flexibility index (Phi) is 4.66. The Balaban J connectivity index is 1.91. The van der Waals surface area contributed by atoms with E-state index in [4.69, 9.17) is 27.9 Å². The molecule has 1 saturated carbocycles. The summed E-state index contributed by atoms with van der Waals surface area (Å²) in [5, 5.41) is 0.906. The van der Waals surface area contributed by atoms with Crippen LogP contribution >= 0.6 is 23.2 Å². The van der Waals surface area contributed by atoms with Crippen molar-refractivity contribution in [2.75, 3.05) is 6.61 Å². The molecule has 0 aromatic heterocycles. The van der Waals surface area contributed by atoms with Gasteiger partial charge in [-0.3, -0.25) is 4.79 Å². The van der Waals surface area contributed by atoms with Gasteiger partial charge in [0.25, 0.3) is 0 Å². The largest absolute Gasteiger partial charge is 0.370 e. The Morgan fingerprint density at radius 2 is 2.17 bits per heavy atom. The molecular formula is C14H16Cl2O2. The fourth-order valence-electron chi connectivity index (χ4n) is 1.80. The Labute approximate surface area is 117 Å². The first kappa shape index (κ1) is 13.9. The van der Waals surface area contributed by atoms with Crippen LogP contribution in [-0.4, -0.2) is 18.5 Å². The third-order valence-electron chi connectivity index (χ3n) is 3.16. The van der Waals surface area contributed by atoms with Crippen LogP contribution in [0.15, 0.2) is 18.2 Å². The van der Waals surface area contributed by atoms with Crippen LogP contribution in [0.5, 0.6) is 0 Å². The lowest BCUT2D eigenvalue weighted by Crippen LogP contribution is -2.22. The van der Waals surface area contributed by atoms with Crippen LogP contribution in [0.3, 0.4) is 0 Å². The van der Waals surface area contributed by atoms with Gasteiger partial charge in [-0.05, 0) is 37.5 Å². The van der Waals surface area contributed by atoms with E-state index in [2.05, 4.69) is 0 Å². The molecule has 1 unspecified atom stereocenters. The van der Waals surface area contributed by atoms with Crippen molar-refractivity contribution in [1.29, 1.82) is 0 Å². The topological polar surface area (TPSA) is 26.3 Å². The Hall–Kier alpha value is -0.570. The summed E-state index contributed by atoms with van der Waals surface area (Å²) in [4.78, 5) is 12.1. The van der Waals surface area contributed by atoms with Gasteiger partial charge in [-0.1, -0.05) is 36.0 Å². The van der Waals surface area contributed by atoms with E-state index in [1.165, 1.54) is 12.8 Å². The number of carbonyl (C=O) groups excluding carboxylic acids is 1. The van der Waals surface area contributed by atoms with Crippen LogP contribution in [-0.2, 0) is 4.74 Å². The molecule has 0 amide bonds. The summed E-state index contributed by atoms with van der Waals surface area (Å²) >= 11 is 11.8. The molecule has 1 aromatic rings. The summed E-state index contributed by atoms with van der Waals surface area (Å²) in [6.45, 7) is 2.41. The zero-order valence-corrected chi connectivity index (χ0v) is 11.8. The highest BCUT2D eigenvalue weighted by Gasteiger charge is 2.23. The van der Waals surface area contributed by atoms with Gasteiger partial charge in [0.2, 0.25) is 0 Å². The predicted octanol–water partition coefficient (Wildman–Crippen LogP) is 4.38. The van der Waals surface area contributed by atoms with Crippen molar-refractivity contribution in [3.63, 3.8) is 0 Å². The van der Waals surface area contributed by atoms with Gasteiger partial charge in [0.15, 0.2) is 5.78 Å². The van der Waals surface area contributed by atoms with Gasteiger partial charge in [-0.25, -0.2) is 0 Å². The van der Waals surface area contributed by atoms with Crippen LogP contribution in [0.4, 0.5) is 0 Å². The molecule has 0 saturated heterocycles.